The molecule has 0 aliphatic rings. The lowest BCUT2D eigenvalue weighted by molar-refractivity contribution is -0.122. The molecule has 0 radical (unpaired) electrons. The lowest BCUT2D eigenvalue weighted by Gasteiger charge is -2.18. The first-order chi connectivity index (χ1) is 14.3. The topological polar surface area (TPSA) is 69.8 Å². The second-order valence-electron chi connectivity index (χ2n) is 8.30. The zero-order valence-corrected chi connectivity index (χ0v) is 18.5. The number of benzene rings is 1. The Bertz CT molecular complexity index is 1050. The molecule has 5 nitrogen and oxygen atoms in total. The lowest BCUT2D eigenvalue weighted by Crippen LogP contribution is -2.40. The SMILES string of the molecule is C=CNCC(C)NC(=O)C(C)c1ccc2[nH]c(-c3ccnc(C)c3)c(C(C)C)c2c1. The van der Waals surface area contributed by atoms with Crippen molar-refractivity contribution in [2.75, 3.05) is 6.54 Å². The van der Waals surface area contributed by atoms with Crippen molar-refractivity contribution in [2.45, 2.75) is 52.5 Å². The van der Waals surface area contributed by atoms with E-state index in [4.69, 9.17) is 0 Å². The molecular weight excluding hydrogens is 372 g/mol. The molecule has 1 aromatic carbocycles. The number of aromatic nitrogens is 2. The number of rotatable bonds is 8. The van der Waals surface area contributed by atoms with Gasteiger partial charge in [-0.3, -0.25) is 9.78 Å². The summed E-state index contributed by atoms with van der Waals surface area (Å²) in [5, 5.41) is 7.28. The Morgan fingerprint density at radius 1 is 1.20 bits per heavy atom. The number of nitrogens with one attached hydrogen (secondary N) is 3. The average Bonchev–Trinajstić information content (AvgIpc) is 3.10. The smallest absolute Gasteiger partial charge is 0.227 e. The fourth-order valence-corrected chi connectivity index (χ4v) is 3.86. The number of amides is 1. The number of carbonyl (C=O) groups excluding carboxylic acids is 1. The minimum atomic E-state index is -0.234. The molecule has 0 spiro atoms. The van der Waals surface area contributed by atoms with Crippen molar-refractivity contribution in [1.29, 1.82) is 0 Å². The molecule has 3 aromatic rings. The first-order valence-electron chi connectivity index (χ1n) is 10.5. The van der Waals surface area contributed by atoms with E-state index < -0.39 is 0 Å². The number of hydrogen-bond acceptors (Lipinski definition) is 3. The summed E-state index contributed by atoms with van der Waals surface area (Å²) in [5.41, 5.74) is 6.63. The van der Waals surface area contributed by atoms with E-state index in [2.05, 4.69) is 59.2 Å². The first-order valence-corrected chi connectivity index (χ1v) is 10.5. The first kappa shape index (κ1) is 21.6. The van der Waals surface area contributed by atoms with Gasteiger partial charge in [0.2, 0.25) is 5.91 Å². The molecule has 0 saturated heterocycles. The van der Waals surface area contributed by atoms with Gasteiger partial charge in [0.25, 0.3) is 0 Å². The summed E-state index contributed by atoms with van der Waals surface area (Å²) < 4.78 is 0. The van der Waals surface area contributed by atoms with Crippen LogP contribution in [0.15, 0.2) is 49.3 Å². The molecule has 2 unspecified atom stereocenters. The average molecular weight is 405 g/mol. The lowest BCUT2D eigenvalue weighted by atomic mass is 9.93. The normalized spacial score (nSPS) is 13.3. The van der Waals surface area contributed by atoms with E-state index >= 15 is 0 Å². The van der Waals surface area contributed by atoms with Crippen molar-refractivity contribution < 1.29 is 4.79 Å². The maximum atomic E-state index is 12.8. The Labute approximate surface area is 179 Å². The number of aromatic amines is 1. The number of H-pyrrole nitrogens is 1. The van der Waals surface area contributed by atoms with Gasteiger partial charge in [0.05, 0.1) is 11.6 Å². The van der Waals surface area contributed by atoms with E-state index in [1.54, 1.807) is 6.20 Å². The van der Waals surface area contributed by atoms with Crippen LogP contribution in [0.2, 0.25) is 0 Å². The zero-order chi connectivity index (χ0) is 21.8. The molecular formula is C25H32N4O. The molecule has 158 valence electrons. The van der Waals surface area contributed by atoms with Gasteiger partial charge in [0.15, 0.2) is 0 Å². The maximum absolute atomic E-state index is 12.8. The number of nitrogens with zero attached hydrogens (tertiary/aromatic N) is 1. The summed E-state index contributed by atoms with van der Waals surface area (Å²) >= 11 is 0. The Balaban J connectivity index is 1.96. The van der Waals surface area contributed by atoms with Crippen molar-refractivity contribution in [1.82, 2.24) is 20.6 Å². The summed E-state index contributed by atoms with van der Waals surface area (Å²) in [6, 6.07) is 10.5. The Morgan fingerprint density at radius 3 is 2.63 bits per heavy atom. The third-order valence-electron chi connectivity index (χ3n) is 5.48. The molecule has 0 saturated carbocycles. The quantitative estimate of drug-likeness (QED) is 0.495. The van der Waals surface area contributed by atoms with Crippen LogP contribution in [0, 0.1) is 6.92 Å². The standard InChI is InChI=1S/C25H32N4O/c1-7-26-14-17(5)28-25(30)18(6)19-8-9-22-21(13-19)23(15(2)3)24(29-22)20-10-11-27-16(4)12-20/h7-13,15,17-18,26,29H,1,14H2,2-6H3,(H,28,30). The Morgan fingerprint density at radius 2 is 1.97 bits per heavy atom. The van der Waals surface area contributed by atoms with E-state index in [9.17, 15) is 4.79 Å². The highest BCUT2D eigenvalue weighted by Crippen LogP contribution is 2.36. The summed E-state index contributed by atoms with van der Waals surface area (Å²) in [5.74, 6) is 0.132. The highest BCUT2D eigenvalue weighted by molar-refractivity contribution is 5.93. The van der Waals surface area contributed by atoms with E-state index in [1.165, 1.54) is 10.9 Å². The number of fused-ring (bicyclic) bond motifs is 1. The van der Waals surface area contributed by atoms with Gasteiger partial charge in [-0.15, -0.1) is 0 Å². The van der Waals surface area contributed by atoms with Gasteiger partial charge in [-0.25, -0.2) is 0 Å². The van der Waals surface area contributed by atoms with E-state index in [-0.39, 0.29) is 17.9 Å². The van der Waals surface area contributed by atoms with Crippen LogP contribution in [0.5, 0.6) is 0 Å². The van der Waals surface area contributed by atoms with Gasteiger partial charge < -0.3 is 15.6 Å². The van der Waals surface area contributed by atoms with Crippen LogP contribution in [-0.2, 0) is 4.79 Å². The number of hydrogen-bond donors (Lipinski definition) is 3. The van der Waals surface area contributed by atoms with Gasteiger partial charge in [-0.05, 0) is 68.3 Å². The van der Waals surface area contributed by atoms with Crippen molar-refractivity contribution in [3.63, 3.8) is 0 Å². The molecule has 0 fully saturated rings. The number of carbonyl (C=O) groups is 1. The highest BCUT2D eigenvalue weighted by Gasteiger charge is 2.21. The van der Waals surface area contributed by atoms with Crippen molar-refractivity contribution >= 4 is 16.8 Å². The van der Waals surface area contributed by atoms with Crippen LogP contribution >= 0.6 is 0 Å². The maximum Gasteiger partial charge on any atom is 0.227 e. The van der Waals surface area contributed by atoms with E-state index in [0.29, 0.717) is 12.5 Å². The molecule has 0 bridgehead atoms. The largest absolute Gasteiger partial charge is 0.389 e. The molecule has 0 aliphatic heterocycles. The summed E-state index contributed by atoms with van der Waals surface area (Å²) in [4.78, 5) is 20.7. The molecule has 3 N–H and O–H groups in total. The fourth-order valence-electron chi connectivity index (χ4n) is 3.86. The molecule has 1 amide bonds. The molecule has 3 rings (SSSR count). The predicted molar refractivity (Wildman–Crippen MR) is 125 cm³/mol. The third kappa shape index (κ3) is 4.56. The Hall–Kier alpha value is -3.08. The van der Waals surface area contributed by atoms with Gasteiger partial charge >= 0.3 is 0 Å². The summed E-state index contributed by atoms with van der Waals surface area (Å²) in [6.07, 6.45) is 3.49. The van der Waals surface area contributed by atoms with E-state index in [0.717, 1.165) is 28.0 Å². The van der Waals surface area contributed by atoms with Crippen molar-refractivity contribution in [2.24, 2.45) is 0 Å². The van der Waals surface area contributed by atoms with Gasteiger partial charge in [-0.1, -0.05) is 26.5 Å². The van der Waals surface area contributed by atoms with Crippen LogP contribution in [0.4, 0.5) is 0 Å². The molecule has 5 heteroatoms. The van der Waals surface area contributed by atoms with Crippen LogP contribution in [0.1, 0.15) is 56.4 Å². The molecule has 2 aromatic heterocycles. The van der Waals surface area contributed by atoms with Crippen LogP contribution in [-0.4, -0.2) is 28.5 Å². The summed E-state index contributed by atoms with van der Waals surface area (Å²) in [7, 11) is 0. The minimum Gasteiger partial charge on any atom is -0.389 e. The third-order valence-corrected chi connectivity index (χ3v) is 5.48. The van der Waals surface area contributed by atoms with Crippen LogP contribution in [0.3, 0.4) is 0 Å². The van der Waals surface area contributed by atoms with Gasteiger partial charge in [-0.2, -0.15) is 0 Å². The van der Waals surface area contributed by atoms with Crippen molar-refractivity contribution in [3.8, 4) is 11.3 Å². The molecule has 0 aliphatic carbocycles. The highest BCUT2D eigenvalue weighted by atomic mass is 16.1. The Kier molecular flexibility index (Phi) is 6.60. The molecule has 2 heterocycles. The second kappa shape index (κ2) is 9.16. The molecule has 30 heavy (non-hydrogen) atoms. The number of aryl methyl sites for hydroxylation is 1. The minimum absolute atomic E-state index is 0.0272. The van der Waals surface area contributed by atoms with E-state index in [1.807, 2.05) is 39.1 Å². The van der Waals surface area contributed by atoms with Crippen LogP contribution < -0.4 is 10.6 Å². The summed E-state index contributed by atoms with van der Waals surface area (Å²) in [6.45, 7) is 14.7. The predicted octanol–water partition coefficient (Wildman–Crippen LogP) is 5.00. The second-order valence-corrected chi connectivity index (χ2v) is 8.30. The fraction of sp³-hybridized carbons (Fsp3) is 0.360. The monoisotopic (exact) mass is 404 g/mol. The van der Waals surface area contributed by atoms with Crippen LogP contribution in [0.25, 0.3) is 22.2 Å². The number of pyridine rings is 1. The van der Waals surface area contributed by atoms with Crippen molar-refractivity contribution in [3.05, 3.63) is 66.1 Å². The molecule has 2 atom stereocenters. The van der Waals surface area contributed by atoms with Gasteiger partial charge in [0, 0.05) is 40.9 Å². The van der Waals surface area contributed by atoms with Gasteiger partial charge in [0.1, 0.15) is 0 Å². The zero-order valence-electron chi connectivity index (χ0n) is 18.5.